The SMILES string of the molecule is CC(=O)c1c(C)nn(CC(=O)NC(Cc2ccccc2)C(=O)O)c1C. The van der Waals surface area contributed by atoms with Gasteiger partial charge in [0.25, 0.3) is 0 Å². The van der Waals surface area contributed by atoms with E-state index in [1.165, 1.54) is 11.6 Å². The van der Waals surface area contributed by atoms with Gasteiger partial charge in [0, 0.05) is 12.1 Å². The van der Waals surface area contributed by atoms with Crippen molar-refractivity contribution >= 4 is 17.7 Å². The molecule has 0 spiro atoms. The molecule has 7 heteroatoms. The van der Waals surface area contributed by atoms with Gasteiger partial charge in [-0.2, -0.15) is 5.10 Å². The third-order valence-corrected chi connectivity index (χ3v) is 3.94. The number of ketones is 1. The topological polar surface area (TPSA) is 101 Å². The van der Waals surface area contributed by atoms with Gasteiger partial charge in [0.05, 0.1) is 11.3 Å². The van der Waals surface area contributed by atoms with E-state index in [4.69, 9.17) is 0 Å². The summed E-state index contributed by atoms with van der Waals surface area (Å²) >= 11 is 0. The monoisotopic (exact) mass is 343 g/mol. The Hall–Kier alpha value is -2.96. The molecule has 2 N–H and O–H groups in total. The molecule has 1 atom stereocenters. The lowest BCUT2D eigenvalue weighted by atomic mass is 10.1. The average Bonchev–Trinajstić information content (AvgIpc) is 2.81. The van der Waals surface area contributed by atoms with E-state index in [0.717, 1.165) is 5.56 Å². The number of carbonyl (C=O) groups is 3. The summed E-state index contributed by atoms with van der Waals surface area (Å²) in [6.45, 7) is 4.72. The Morgan fingerprint density at radius 1 is 1.20 bits per heavy atom. The molecule has 1 aromatic heterocycles. The number of carboxylic acids is 1. The van der Waals surface area contributed by atoms with Crippen LogP contribution < -0.4 is 5.32 Å². The first-order chi connectivity index (χ1) is 11.8. The van der Waals surface area contributed by atoms with Crippen LogP contribution in [0.4, 0.5) is 0 Å². The van der Waals surface area contributed by atoms with Crippen LogP contribution in [0.1, 0.15) is 34.2 Å². The van der Waals surface area contributed by atoms with Crippen molar-refractivity contribution in [3.05, 3.63) is 52.8 Å². The molecule has 1 heterocycles. The van der Waals surface area contributed by atoms with Crippen molar-refractivity contribution in [2.45, 2.75) is 39.8 Å². The first-order valence-corrected chi connectivity index (χ1v) is 7.90. The van der Waals surface area contributed by atoms with Crippen LogP contribution in [0, 0.1) is 13.8 Å². The molecule has 0 bridgehead atoms. The quantitative estimate of drug-likeness (QED) is 0.742. The fourth-order valence-electron chi connectivity index (χ4n) is 2.79. The molecule has 1 aromatic carbocycles. The van der Waals surface area contributed by atoms with Gasteiger partial charge in [-0.3, -0.25) is 14.3 Å². The van der Waals surface area contributed by atoms with Crippen molar-refractivity contribution in [3.8, 4) is 0 Å². The average molecular weight is 343 g/mol. The molecular weight excluding hydrogens is 322 g/mol. The lowest BCUT2D eigenvalue weighted by Gasteiger charge is -2.15. The van der Waals surface area contributed by atoms with Gasteiger partial charge < -0.3 is 10.4 Å². The van der Waals surface area contributed by atoms with E-state index in [9.17, 15) is 19.5 Å². The van der Waals surface area contributed by atoms with Gasteiger partial charge >= 0.3 is 5.97 Å². The van der Waals surface area contributed by atoms with E-state index in [-0.39, 0.29) is 18.7 Å². The van der Waals surface area contributed by atoms with Crippen LogP contribution >= 0.6 is 0 Å². The van der Waals surface area contributed by atoms with Crippen LogP contribution in [0.2, 0.25) is 0 Å². The van der Waals surface area contributed by atoms with Crippen LogP contribution in [0.3, 0.4) is 0 Å². The Balaban J connectivity index is 2.08. The van der Waals surface area contributed by atoms with Crippen molar-refractivity contribution in [3.63, 3.8) is 0 Å². The molecule has 0 aliphatic heterocycles. The predicted molar refractivity (Wildman–Crippen MR) is 91.4 cm³/mol. The number of benzene rings is 1. The maximum Gasteiger partial charge on any atom is 0.326 e. The number of aromatic nitrogens is 2. The number of nitrogens with zero attached hydrogens (tertiary/aromatic N) is 2. The van der Waals surface area contributed by atoms with Crippen molar-refractivity contribution < 1.29 is 19.5 Å². The summed E-state index contributed by atoms with van der Waals surface area (Å²) in [6.07, 6.45) is 0.192. The number of Topliss-reactive ketones (excluding diaryl/α,β-unsaturated/α-hetero) is 1. The number of hydrogen-bond donors (Lipinski definition) is 2. The molecule has 2 rings (SSSR count). The minimum Gasteiger partial charge on any atom is -0.480 e. The molecule has 0 aliphatic carbocycles. The summed E-state index contributed by atoms with van der Waals surface area (Å²) in [6, 6.07) is 8.06. The van der Waals surface area contributed by atoms with Gasteiger partial charge in [-0.15, -0.1) is 0 Å². The van der Waals surface area contributed by atoms with E-state index >= 15 is 0 Å². The van der Waals surface area contributed by atoms with Gasteiger partial charge in [0.2, 0.25) is 5.91 Å². The Kier molecular flexibility index (Phi) is 5.69. The molecule has 0 saturated carbocycles. The maximum atomic E-state index is 12.2. The Morgan fingerprint density at radius 2 is 1.84 bits per heavy atom. The van der Waals surface area contributed by atoms with Crippen LogP contribution in [-0.4, -0.2) is 38.6 Å². The van der Waals surface area contributed by atoms with Gasteiger partial charge in [0.15, 0.2) is 5.78 Å². The molecule has 0 aliphatic rings. The van der Waals surface area contributed by atoms with E-state index in [2.05, 4.69) is 10.4 Å². The van der Waals surface area contributed by atoms with Crippen LogP contribution in [0.25, 0.3) is 0 Å². The zero-order valence-corrected chi connectivity index (χ0v) is 14.4. The second-order valence-corrected chi connectivity index (χ2v) is 5.91. The summed E-state index contributed by atoms with van der Waals surface area (Å²) < 4.78 is 1.42. The van der Waals surface area contributed by atoms with Gasteiger partial charge in [-0.05, 0) is 26.3 Å². The molecule has 0 saturated heterocycles. The highest BCUT2D eigenvalue weighted by Gasteiger charge is 2.22. The smallest absolute Gasteiger partial charge is 0.326 e. The standard InChI is InChI=1S/C18H21N3O4/c1-11-17(13(3)22)12(2)21(20-11)10-16(23)19-15(18(24)25)9-14-7-5-4-6-8-14/h4-8,15H,9-10H2,1-3H3,(H,19,23)(H,24,25). The molecule has 2 aromatic rings. The van der Waals surface area contributed by atoms with E-state index in [1.807, 2.05) is 30.3 Å². The number of aryl methyl sites for hydroxylation is 1. The normalized spacial score (nSPS) is 11.8. The van der Waals surface area contributed by atoms with E-state index in [0.29, 0.717) is 17.0 Å². The molecule has 0 radical (unpaired) electrons. The Morgan fingerprint density at radius 3 is 2.36 bits per heavy atom. The number of hydrogen-bond acceptors (Lipinski definition) is 4. The Labute approximate surface area is 145 Å². The van der Waals surface area contributed by atoms with Crippen molar-refractivity contribution in [1.29, 1.82) is 0 Å². The molecule has 1 unspecified atom stereocenters. The van der Waals surface area contributed by atoms with Crippen LogP contribution in [0.5, 0.6) is 0 Å². The lowest BCUT2D eigenvalue weighted by molar-refractivity contribution is -0.141. The molecule has 0 fully saturated rings. The highest BCUT2D eigenvalue weighted by molar-refractivity contribution is 5.96. The van der Waals surface area contributed by atoms with Gasteiger partial charge in [0.1, 0.15) is 12.6 Å². The third-order valence-electron chi connectivity index (χ3n) is 3.94. The maximum absolute atomic E-state index is 12.2. The highest BCUT2D eigenvalue weighted by atomic mass is 16.4. The zero-order chi connectivity index (χ0) is 18.6. The first-order valence-electron chi connectivity index (χ1n) is 7.90. The van der Waals surface area contributed by atoms with Gasteiger partial charge in [-0.1, -0.05) is 30.3 Å². The summed E-state index contributed by atoms with van der Waals surface area (Å²) in [7, 11) is 0. The zero-order valence-electron chi connectivity index (χ0n) is 14.4. The number of nitrogens with one attached hydrogen (secondary N) is 1. The van der Waals surface area contributed by atoms with Crippen molar-refractivity contribution in [2.75, 3.05) is 0 Å². The fourth-order valence-corrected chi connectivity index (χ4v) is 2.79. The first kappa shape index (κ1) is 18.4. The fraction of sp³-hybridized carbons (Fsp3) is 0.333. The van der Waals surface area contributed by atoms with Crippen molar-refractivity contribution in [2.24, 2.45) is 0 Å². The third kappa shape index (κ3) is 4.53. The number of carbonyl (C=O) groups excluding carboxylic acids is 2. The minimum atomic E-state index is -1.10. The highest BCUT2D eigenvalue weighted by Crippen LogP contribution is 2.13. The lowest BCUT2D eigenvalue weighted by Crippen LogP contribution is -2.43. The second-order valence-electron chi connectivity index (χ2n) is 5.91. The number of aliphatic carboxylic acids is 1. The Bertz CT molecular complexity index is 796. The largest absolute Gasteiger partial charge is 0.480 e. The summed E-state index contributed by atoms with van der Waals surface area (Å²) in [4.78, 5) is 35.3. The number of carboxylic acid groups (broad SMARTS) is 1. The predicted octanol–water partition coefficient (Wildman–Crippen LogP) is 1.51. The molecule has 132 valence electrons. The molecular formula is C18H21N3O4. The van der Waals surface area contributed by atoms with Crippen molar-refractivity contribution in [1.82, 2.24) is 15.1 Å². The van der Waals surface area contributed by atoms with Crippen LogP contribution in [-0.2, 0) is 22.6 Å². The van der Waals surface area contributed by atoms with Crippen LogP contribution in [0.15, 0.2) is 30.3 Å². The van der Waals surface area contributed by atoms with E-state index < -0.39 is 17.9 Å². The minimum absolute atomic E-state index is 0.117. The number of rotatable bonds is 7. The summed E-state index contributed by atoms with van der Waals surface area (Å²) in [5.74, 6) is -1.69. The van der Waals surface area contributed by atoms with E-state index in [1.54, 1.807) is 13.8 Å². The number of amides is 1. The molecule has 1 amide bonds. The summed E-state index contributed by atoms with van der Waals surface area (Å²) in [5.41, 5.74) is 2.46. The molecule has 25 heavy (non-hydrogen) atoms. The molecule has 7 nitrogen and oxygen atoms in total. The second kappa shape index (κ2) is 7.74. The summed E-state index contributed by atoms with van der Waals surface area (Å²) in [5, 5.41) is 16.1. The van der Waals surface area contributed by atoms with Gasteiger partial charge in [-0.25, -0.2) is 4.79 Å².